The third-order valence-corrected chi connectivity index (χ3v) is 7.35. The molecule has 5 rings (SSSR count). The zero-order valence-electron chi connectivity index (χ0n) is 23.4. The summed E-state index contributed by atoms with van der Waals surface area (Å²) in [6, 6.07) is 21.9. The van der Waals surface area contributed by atoms with Gasteiger partial charge in [-0.1, -0.05) is 54.6 Å². The molecule has 0 saturated carbocycles. The highest BCUT2D eigenvalue weighted by Crippen LogP contribution is 2.31. The Bertz CT molecular complexity index is 1290. The summed E-state index contributed by atoms with van der Waals surface area (Å²) in [5.41, 5.74) is 3.43. The molecule has 3 heterocycles. The number of carbonyl (C=O) groups is 1. The monoisotopic (exact) mass is 542 g/mol. The van der Waals surface area contributed by atoms with Crippen LogP contribution in [-0.2, 0) is 9.47 Å². The maximum absolute atomic E-state index is 13.8. The minimum absolute atomic E-state index is 0.00113. The first-order valence-corrected chi connectivity index (χ1v) is 13.9. The van der Waals surface area contributed by atoms with E-state index in [1.807, 2.05) is 71.4 Å². The van der Waals surface area contributed by atoms with Gasteiger partial charge in [-0.25, -0.2) is 4.98 Å². The molecule has 1 amide bonds. The highest BCUT2D eigenvalue weighted by molar-refractivity contribution is 5.99. The number of hydrogen-bond acceptors (Lipinski definition) is 7. The maximum Gasteiger partial charge on any atom is 0.257 e. The van der Waals surface area contributed by atoms with E-state index in [1.165, 1.54) is 5.56 Å². The highest BCUT2D eigenvalue weighted by atomic mass is 16.6. The first-order chi connectivity index (χ1) is 19.6. The molecule has 2 aliphatic heterocycles. The molecule has 2 fully saturated rings. The van der Waals surface area contributed by atoms with Crippen LogP contribution in [0.25, 0.3) is 17.3 Å². The SMILES string of the molecule is COc1ccccc1-c1ccc(C(=O)N2CCN(C/C=C/c3ccccc3)CC2)c(N(C)C[C@@H]2COCCO2)n1. The predicted molar refractivity (Wildman–Crippen MR) is 158 cm³/mol. The lowest BCUT2D eigenvalue weighted by Crippen LogP contribution is -2.49. The minimum Gasteiger partial charge on any atom is -0.496 e. The number of hydrogen-bond donors (Lipinski definition) is 0. The molecule has 0 bridgehead atoms. The molecule has 2 saturated heterocycles. The Hall–Kier alpha value is -3.72. The van der Waals surface area contributed by atoms with Crippen LogP contribution >= 0.6 is 0 Å². The maximum atomic E-state index is 13.8. The summed E-state index contributed by atoms with van der Waals surface area (Å²) in [5, 5.41) is 0. The fraction of sp³-hybridized carbons (Fsp3) is 0.375. The van der Waals surface area contributed by atoms with Crippen LogP contribution < -0.4 is 9.64 Å². The van der Waals surface area contributed by atoms with E-state index in [0.29, 0.717) is 50.8 Å². The van der Waals surface area contributed by atoms with Crippen molar-refractivity contribution in [1.29, 1.82) is 0 Å². The van der Waals surface area contributed by atoms with Gasteiger partial charge < -0.3 is 24.0 Å². The number of rotatable bonds is 9. The van der Waals surface area contributed by atoms with Gasteiger partial charge >= 0.3 is 0 Å². The van der Waals surface area contributed by atoms with Gasteiger partial charge in [0, 0.05) is 51.9 Å². The quantitative estimate of drug-likeness (QED) is 0.404. The van der Waals surface area contributed by atoms with Gasteiger partial charge in [0.15, 0.2) is 0 Å². The molecule has 1 aromatic heterocycles. The van der Waals surface area contributed by atoms with E-state index in [0.717, 1.165) is 36.6 Å². The van der Waals surface area contributed by atoms with Crippen molar-refractivity contribution >= 4 is 17.8 Å². The number of anilines is 1. The number of ether oxygens (including phenoxy) is 3. The van der Waals surface area contributed by atoms with Crippen molar-refractivity contribution in [2.24, 2.45) is 0 Å². The van der Waals surface area contributed by atoms with Crippen LogP contribution in [0.3, 0.4) is 0 Å². The Balaban J connectivity index is 1.31. The molecule has 2 aliphatic rings. The number of methoxy groups -OCH3 is 1. The summed E-state index contributed by atoms with van der Waals surface area (Å²) in [6.07, 6.45) is 4.26. The van der Waals surface area contributed by atoms with Gasteiger partial charge in [-0.05, 0) is 29.8 Å². The second kappa shape index (κ2) is 13.6. The fourth-order valence-corrected chi connectivity index (χ4v) is 5.15. The molecule has 8 nitrogen and oxygen atoms in total. The van der Waals surface area contributed by atoms with E-state index >= 15 is 0 Å². The van der Waals surface area contributed by atoms with E-state index in [2.05, 4.69) is 29.2 Å². The van der Waals surface area contributed by atoms with E-state index in [-0.39, 0.29) is 12.0 Å². The van der Waals surface area contributed by atoms with Crippen molar-refractivity contribution < 1.29 is 19.0 Å². The Morgan fingerprint density at radius 2 is 1.80 bits per heavy atom. The lowest BCUT2D eigenvalue weighted by Gasteiger charge is -2.35. The van der Waals surface area contributed by atoms with Crippen LogP contribution in [0.1, 0.15) is 15.9 Å². The second-order valence-electron chi connectivity index (χ2n) is 10.1. The predicted octanol–water partition coefficient (Wildman–Crippen LogP) is 4.08. The number of likely N-dealkylation sites (N-methyl/N-ethyl adjacent to an activating group) is 1. The van der Waals surface area contributed by atoms with Crippen molar-refractivity contribution in [2.75, 3.05) is 78.1 Å². The van der Waals surface area contributed by atoms with Gasteiger partial charge in [-0.2, -0.15) is 0 Å². The molecule has 8 heteroatoms. The van der Waals surface area contributed by atoms with Gasteiger partial charge in [0.25, 0.3) is 5.91 Å². The van der Waals surface area contributed by atoms with Crippen molar-refractivity contribution in [1.82, 2.24) is 14.8 Å². The van der Waals surface area contributed by atoms with Crippen LogP contribution in [0, 0.1) is 0 Å². The molecule has 0 N–H and O–H groups in total. The Morgan fingerprint density at radius 3 is 2.55 bits per heavy atom. The molecular formula is C32H38N4O4. The van der Waals surface area contributed by atoms with Crippen LogP contribution in [0.4, 0.5) is 5.82 Å². The van der Waals surface area contributed by atoms with Gasteiger partial charge in [0.1, 0.15) is 11.6 Å². The summed E-state index contributed by atoms with van der Waals surface area (Å²) in [5.74, 6) is 1.38. The van der Waals surface area contributed by atoms with E-state index in [4.69, 9.17) is 19.2 Å². The zero-order chi connectivity index (χ0) is 27.7. The molecule has 210 valence electrons. The number of carbonyl (C=O) groups excluding carboxylic acids is 1. The van der Waals surface area contributed by atoms with Crippen molar-refractivity contribution in [3.05, 3.63) is 83.9 Å². The number of aromatic nitrogens is 1. The van der Waals surface area contributed by atoms with Crippen molar-refractivity contribution in [2.45, 2.75) is 6.10 Å². The topological polar surface area (TPSA) is 67.4 Å². The minimum atomic E-state index is -0.0779. The zero-order valence-corrected chi connectivity index (χ0v) is 23.4. The summed E-state index contributed by atoms with van der Waals surface area (Å²) < 4.78 is 17.1. The van der Waals surface area contributed by atoms with Crippen LogP contribution in [-0.4, -0.2) is 100 Å². The Labute approximate surface area is 236 Å². The van der Waals surface area contributed by atoms with E-state index in [9.17, 15) is 4.79 Å². The second-order valence-corrected chi connectivity index (χ2v) is 10.1. The summed E-state index contributed by atoms with van der Waals surface area (Å²) in [7, 11) is 3.61. The van der Waals surface area contributed by atoms with Crippen LogP contribution in [0.5, 0.6) is 5.75 Å². The lowest BCUT2D eigenvalue weighted by atomic mass is 10.1. The Morgan fingerprint density at radius 1 is 1.02 bits per heavy atom. The standard InChI is InChI=1S/C32H38N4O4/c1-34(23-26-24-39-21-22-40-26)31-28(14-15-29(33-31)27-12-6-7-13-30(27)38-2)32(37)36-19-17-35(18-20-36)16-8-11-25-9-4-3-5-10-25/h3-15,26H,16-24H2,1-2H3/b11-8+/t26-/m1/s1. The molecule has 1 atom stereocenters. The largest absolute Gasteiger partial charge is 0.496 e. The van der Waals surface area contributed by atoms with Gasteiger partial charge in [0.05, 0.1) is 44.3 Å². The molecule has 0 radical (unpaired) electrons. The molecule has 0 spiro atoms. The Kier molecular flexibility index (Phi) is 9.44. The first-order valence-electron chi connectivity index (χ1n) is 13.9. The molecular weight excluding hydrogens is 504 g/mol. The van der Waals surface area contributed by atoms with E-state index in [1.54, 1.807) is 7.11 Å². The van der Waals surface area contributed by atoms with Gasteiger partial charge in [-0.15, -0.1) is 0 Å². The van der Waals surface area contributed by atoms with E-state index < -0.39 is 0 Å². The smallest absolute Gasteiger partial charge is 0.257 e. The third-order valence-electron chi connectivity index (χ3n) is 7.35. The van der Waals surface area contributed by atoms with Gasteiger partial charge in [0.2, 0.25) is 0 Å². The number of amides is 1. The molecule has 2 aromatic carbocycles. The summed E-state index contributed by atoms with van der Waals surface area (Å²) in [4.78, 5) is 25.2. The number of benzene rings is 2. The molecule has 0 unspecified atom stereocenters. The van der Waals surface area contributed by atoms with Gasteiger partial charge in [-0.3, -0.25) is 9.69 Å². The first kappa shape index (κ1) is 27.8. The number of pyridine rings is 1. The lowest BCUT2D eigenvalue weighted by molar-refractivity contribution is -0.0837. The fourth-order valence-electron chi connectivity index (χ4n) is 5.15. The molecule has 40 heavy (non-hydrogen) atoms. The van der Waals surface area contributed by atoms with Crippen molar-refractivity contribution in [3.63, 3.8) is 0 Å². The summed E-state index contributed by atoms with van der Waals surface area (Å²) >= 11 is 0. The molecule has 3 aromatic rings. The van der Waals surface area contributed by atoms with Crippen molar-refractivity contribution in [3.8, 4) is 17.0 Å². The third kappa shape index (κ3) is 6.88. The number of piperazine rings is 1. The summed E-state index contributed by atoms with van der Waals surface area (Å²) in [6.45, 7) is 6.16. The van der Waals surface area contributed by atoms with Crippen LogP contribution in [0.2, 0.25) is 0 Å². The highest BCUT2D eigenvalue weighted by Gasteiger charge is 2.27. The normalized spacial score (nSPS) is 18.1. The van der Waals surface area contributed by atoms with Crippen LogP contribution in [0.15, 0.2) is 72.8 Å². The number of para-hydroxylation sites is 1. The molecule has 0 aliphatic carbocycles. The average Bonchev–Trinajstić information content (AvgIpc) is 3.02. The number of nitrogens with zero attached hydrogens (tertiary/aromatic N) is 4. The average molecular weight is 543 g/mol.